The van der Waals surface area contributed by atoms with Crippen molar-refractivity contribution >= 4 is 23.4 Å². The number of nitrogens with zero attached hydrogens (tertiary/aromatic N) is 3. The van der Waals surface area contributed by atoms with Crippen molar-refractivity contribution in [3.05, 3.63) is 52.2 Å². The van der Waals surface area contributed by atoms with Gasteiger partial charge in [-0.15, -0.1) is 0 Å². The zero-order valence-electron chi connectivity index (χ0n) is 9.69. The number of rotatable bonds is 4. The number of benzene rings is 1. The molecule has 0 saturated heterocycles. The van der Waals surface area contributed by atoms with Crippen molar-refractivity contribution in [3.8, 4) is 0 Å². The maximum Gasteiger partial charge on any atom is 0.338 e. The third-order valence-corrected chi connectivity index (χ3v) is 3.20. The summed E-state index contributed by atoms with van der Waals surface area (Å²) in [6.07, 6.45) is 4.17. The summed E-state index contributed by atoms with van der Waals surface area (Å²) >= 11 is 0.838. The first-order chi connectivity index (χ1) is 9.49. The van der Waals surface area contributed by atoms with E-state index < -0.39 is 28.0 Å². The molecule has 102 valence electrons. The minimum absolute atomic E-state index is 0.0192. The van der Waals surface area contributed by atoms with Gasteiger partial charge in [0.25, 0.3) is 5.69 Å². The third kappa shape index (κ3) is 2.88. The standard InChI is InChI=1S/C11H6FN3O4S/c12-7-4-8(15(18)19)9(3-6(7)11(16)17)20-10-5-13-1-2-14-10/h1-5H,(H,16,17). The molecular formula is C11H6FN3O4S. The molecule has 0 saturated carbocycles. The first-order valence-corrected chi connectivity index (χ1v) is 5.96. The van der Waals surface area contributed by atoms with E-state index >= 15 is 0 Å². The highest BCUT2D eigenvalue weighted by atomic mass is 32.2. The summed E-state index contributed by atoms with van der Waals surface area (Å²) in [6.45, 7) is 0. The quantitative estimate of drug-likeness (QED) is 0.681. The minimum Gasteiger partial charge on any atom is -0.478 e. The number of aromatic carboxylic acids is 1. The van der Waals surface area contributed by atoms with Crippen LogP contribution in [0.25, 0.3) is 0 Å². The Bertz CT molecular complexity index is 681. The summed E-state index contributed by atoms with van der Waals surface area (Å²) < 4.78 is 13.5. The summed E-state index contributed by atoms with van der Waals surface area (Å²) in [5, 5.41) is 20.1. The smallest absolute Gasteiger partial charge is 0.338 e. The lowest BCUT2D eigenvalue weighted by Crippen LogP contribution is -2.03. The highest BCUT2D eigenvalue weighted by molar-refractivity contribution is 7.99. The van der Waals surface area contributed by atoms with Crippen LogP contribution >= 0.6 is 11.8 Å². The lowest BCUT2D eigenvalue weighted by molar-refractivity contribution is -0.387. The van der Waals surface area contributed by atoms with Gasteiger partial charge in [-0.25, -0.2) is 14.2 Å². The van der Waals surface area contributed by atoms with Gasteiger partial charge in [0.1, 0.15) is 10.8 Å². The zero-order valence-corrected chi connectivity index (χ0v) is 10.5. The molecule has 0 aliphatic rings. The van der Waals surface area contributed by atoms with Gasteiger partial charge in [-0.2, -0.15) is 0 Å². The Balaban J connectivity index is 2.51. The van der Waals surface area contributed by atoms with Gasteiger partial charge < -0.3 is 5.11 Å². The Morgan fingerprint density at radius 2 is 2.15 bits per heavy atom. The molecule has 0 aliphatic carbocycles. The SMILES string of the molecule is O=C(O)c1cc(Sc2cnccn2)c([N+](=O)[O-])cc1F. The van der Waals surface area contributed by atoms with Gasteiger partial charge in [0, 0.05) is 12.4 Å². The van der Waals surface area contributed by atoms with Crippen LogP contribution in [-0.4, -0.2) is 26.0 Å². The van der Waals surface area contributed by atoms with Gasteiger partial charge >= 0.3 is 5.97 Å². The summed E-state index contributed by atoms with van der Waals surface area (Å²) in [7, 11) is 0. The molecule has 1 N–H and O–H groups in total. The largest absolute Gasteiger partial charge is 0.478 e. The van der Waals surface area contributed by atoms with Gasteiger partial charge in [0.15, 0.2) is 0 Å². The fraction of sp³-hybridized carbons (Fsp3) is 0. The molecule has 0 amide bonds. The monoisotopic (exact) mass is 295 g/mol. The number of carboxylic acid groups (broad SMARTS) is 1. The molecule has 0 unspecified atom stereocenters. The average molecular weight is 295 g/mol. The van der Waals surface area contributed by atoms with Gasteiger partial charge in [-0.1, -0.05) is 11.8 Å². The molecule has 0 bridgehead atoms. The van der Waals surface area contributed by atoms with Gasteiger partial charge in [0.05, 0.1) is 27.6 Å². The molecule has 20 heavy (non-hydrogen) atoms. The number of nitro groups is 1. The van der Waals surface area contributed by atoms with E-state index in [-0.39, 0.29) is 4.90 Å². The first-order valence-electron chi connectivity index (χ1n) is 5.14. The van der Waals surface area contributed by atoms with E-state index in [0.29, 0.717) is 11.1 Å². The molecule has 0 aliphatic heterocycles. The maximum atomic E-state index is 13.5. The van der Waals surface area contributed by atoms with Crippen molar-refractivity contribution in [1.29, 1.82) is 0 Å². The van der Waals surface area contributed by atoms with Crippen molar-refractivity contribution in [2.45, 2.75) is 9.92 Å². The zero-order chi connectivity index (χ0) is 14.7. The van der Waals surface area contributed by atoms with E-state index in [4.69, 9.17) is 5.11 Å². The number of carbonyl (C=O) groups is 1. The second-order valence-electron chi connectivity index (χ2n) is 3.51. The Morgan fingerprint density at radius 3 is 2.70 bits per heavy atom. The molecule has 0 radical (unpaired) electrons. The van der Waals surface area contributed by atoms with E-state index in [9.17, 15) is 19.3 Å². The van der Waals surface area contributed by atoms with Crippen LogP contribution in [0.5, 0.6) is 0 Å². The van der Waals surface area contributed by atoms with E-state index in [1.807, 2.05) is 0 Å². The lowest BCUT2D eigenvalue weighted by atomic mass is 10.2. The van der Waals surface area contributed by atoms with Crippen LogP contribution in [0.1, 0.15) is 10.4 Å². The molecule has 9 heteroatoms. The summed E-state index contributed by atoms with van der Waals surface area (Å²) in [6, 6.07) is 1.50. The molecule has 0 fully saturated rings. The van der Waals surface area contributed by atoms with Crippen molar-refractivity contribution in [1.82, 2.24) is 9.97 Å². The molecule has 0 atom stereocenters. The van der Waals surface area contributed by atoms with E-state index in [2.05, 4.69) is 9.97 Å². The predicted molar refractivity (Wildman–Crippen MR) is 66.2 cm³/mol. The minimum atomic E-state index is -1.50. The fourth-order valence-electron chi connectivity index (χ4n) is 1.38. The fourth-order valence-corrected chi connectivity index (χ4v) is 2.25. The molecule has 2 rings (SSSR count). The van der Waals surface area contributed by atoms with E-state index in [1.54, 1.807) is 0 Å². The predicted octanol–water partition coefficient (Wildman–Crippen LogP) is 2.37. The number of hydrogen-bond donors (Lipinski definition) is 1. The first kappa shape index (κ1) is 13.9. The van der Waals surface area contributed by atoms with Crippen molar-refractivity contribution < 1.29 is 19.2 Å². The average Bonchev–Trinajstić information content (AvgIpc) is 2.41. The lowest BCUT2D eigenvalue weighted by Gasteiger charge is -2.04. The summed E-state index contributed by atoms with van der Waals surface area (Å²) in [4.78, 5) is 28.6. The number of halogens is 1. The van der Waals surface area contributed by atoms with Crippen molar-refractivity contribution in [2.24, 2.45) is 0 Å². The molecular weight excluding hydrogens is 289 g/mol. The number of aromatic nitrogens is 2. The van der Waals surface area contributed by atoms with Crippen LogP contribution in [0.3, 0.4) is 0 Å². The molecule has 1 aromatic carbocycles. The highest BCUT2D eigenvalue weighted by Gasteiger charge is 2.22. The van der Waals surface area contributed by atoms with E-state index in [1.165, 1.54) is 18.6 Å². The number of carboxylic acids is 1. The molecule has 1 aromatic heterocycles. The summed E-state index contributed by atoms with van der Waals surface area (Å²) in [5.74, 6) is -2.66. The summed E-state index contributed by atoms with van der Waals surface area (Å²) in [5.41, 5.74) is -1.16. The third-order valence-electron chi connectivity index (χ3n) is 2.23. The van der Waals surface area contributed by atoms with Crippen molar-refractivity contribution in [2.75, 3.05) is 0 Å². The Hall–Kier alpha value is -2.55. The van der Waals surface area contributed by atoms with Crippen LogP contribution in [0.15, 0.2) is 40.6 Å². The van der Waals surface area contributed by atoms with Crippen LogP contribution in [0.2, 0.25) is 0 Å². The number of nitro benzene ring substituents is 1. The van der Waals surface area contributed by atoms with Gasteiger partial charge in [-0.3, -0.25) is 15.1 Å². The number of hydrogen-bond acceptors (Lipinski definition) is 6. The maximum absolute atomic E-state index is 13.5. The van der Waals surface area contributed by atoms with Crippen molar-refractivity contribution in [3.63, 3.8) is 0 Å². The van der Waals surface area contributed by atoms with Crippen LogP contribution in [0, 0.1) is 15.9 Å². The van der Waals surface area contributed by atoms with Crippen LogP contribution in [-0.2, 0) is 0 Å². The molecule has 7 nitrogen and oxygen atoms in total. The second-order valence-corrected chi connectivity index (χ2v) is 4.57. The molecule has 0 spiro atoms. The Morgan fingerprint density at radius 1 is 1.40 bits per heavy atom. The van der Waals surface area contributed by atoms with Gasteiger partial charge in [-0.05, 0) is 6.07 Å². The Kier molecular flexibility index (Phi) is 3.89. The van der Waals surface area contributed by atoms with Crippen LogP contribution in [0.4, 0.5) is 10.1 Å². The van der Waals surface area contributed by atoms with Crippen LogP contribution < -0.4 is 0 Å². The Labute approximate surface area is 115 Å². The highest BCUT2D eigenvalue weighted by Crippen LogP contribution is 2.35. The normalized spacial score (nSPS) is 10.2. The molecule has 2 aromatic rings. The topological polar surface area (TPSA) is 106 Å². The van der Waals surface area contributed by atoms with E-state index in [0.717, 1.165) is 17.8 Å². The molecule has 1 heterocycles. The van der Waals surface area contributed by atoms with Gasteiger partial charge in [0.2, 0.25) is 0 Å². The second kappa shape index (κ2) is 5.61.